The number of aliphatic hydroxyl groups excluding tert-OH is 1. The molecule has 1 fully saturated rings. The van der Waals surface area contributed by atoms with Crippen LogP contribution >= 0.6 is 0 Å². The lowest BCUT2D eigenvalue weighted by Crippen LogP contribution is -2.26. The van der Waals surface area contributed by atoms with Gasteiger partial charge in [0.05, 0.1) is 11.4 Å². The summed E-state index contributed by atoms with van der Waals surface area (Å²) in [7, 11) is 0. The Kier molecular flexibility index (Phi) is 6.13. The van der Waals surface area contributed by atoms with Crippen molar-refractivity contribution < 1.29 is 5.11 Å². The minimum absolute atomic E-state index is 0.175. The third-order valence-electron chi connectivity index (χ3n) is 4.17. The van der Waals surface area contributed by atoms with E-state index in [0.29, 0.717) is 18.0 Å². The van der Waals surface area contributed by atoms with Crippen molar-refractivity contribution in [2.24, 2.45) is 17.5 Å². The van der Waals surface area contributed by atoms with Crippen LogP contribution in [0.15, 0.2) is 48.0 Å². The summed E-state index contributed by atoms with van der Waals surface area (Å²) in [4.78, 5) is 0. The number of benzene rings is 1. The van der Waals surface area contributed by atoms with E-state index in [1.54, 1.807) is 0 Å². The summed E-state index contributed by atoms with van der Waals surface area (Å²) in [5.74, 6) is 12.5. The van der Waals surface area contributed by atoms with Crippen LogP contribution in [-0.4, -0.2) is 5.11 Å². The quantitative estimate of drug-likeness (QED) is 0.226. The topological polar surface area (TPSA) is 84.3 Å². The largest absolute Gasteiger partial charge is 0.506 e. The Morgan fingerprint density at radius 1 is 1.22 bits per heavy atom. The SMILES string of the molecule is C=C(O)/C(N)=C(\Cc1ccc(C#CC2CCCCC2)cc1)NN. The molecule has 4 nitrogen and oxygen atoms in total. The van der Waals surface area contributed by atoms with Crippen molar-refractivity contribution in [3.8, 4) is 11.8 Å². The second-order valence-electron chi connectivity index (χ2n) is 5.96. The Bertz CT molecular complexity index is 629. The average Bonchev–Trinajstić information content (AvgIpc) is 2.59. The zero-order valence-electron chi connectivity index (χ0n) is 13.4. The lowest BCUT2D eigenvalue weighted by Gasteiger charge is -2.15. The summed E-state index contributed by atoms with van der Waals surface area (Å²) in [6, 6.07) is 8.00. The third-order valence-corrected chi connectivity index (χ3v) is 4.17. The molecule has 0 radical (unpaired) electrons. The van der Waals surface area contributed by atoms with Crippen molar-refractivity contribution in [2.45, 2.75) is 38.5 Å². The zero-order chi connectivity index (χ0) is 16.7. The maximum absolute atomic E-state index is 9.35. The fourth-order valence-corrected chi connectivity index (χ4v) is 2.74. The Labute approximate surface area is 138 Å². The fraction of sp³-hybridized carbons (Fsp3) is 0.368. The molecular formula is C19H25N3O. The second kappa shape index (κ2) is 8.30. The highest BCUT2D eigenvalue weighted by Crippen LogP contribution is 2.22. The third kappa shape index (κ3) is 5.08. The number of aliphatic hydroxyl groups is 1. The molecule has 0 saturated heterocycles. The van der Waals surface area contributed by atoms with Gasteiger partial charge in [-0.25, -0.2) is 0 Å². The van der Waals surface area contributed by atoms with E-state index < -0.39 is 0 Å². The summed E-state index contributed by atoms with van der Waals surface area (Å²) >= 11 is 0. The van der Waals surface area contributed by atoms with Gasteiger partial charge in [0, 0.05) is 17.9 Å². The minimum Gasteiger partial charge on any atom is -0.506 e. The van der Waals surface area contributed by atoms with Gasteiger partial charge in [0.15, 0.2) is 0 Å². The molecule has 0 atom stereocenters. The zero-order valence-corrected chi connectivity index (χ0v) is 13.4. The van der Waals surface area contributed by atoms with Crippen LogP contribution in [-0.2, 0) is 6.42 Å². The molecular weight excluding hydrogens is 286 g/mol. The van der Waals surface area contributed by atoms with Gasteiger partial charge in [0.1, 0.15) is 5.76 Å². The highest BCUT2D eigenvalue weighted by Gasteiger charge is 2.10. The number of nitrogens with two attached hydrogens (primary N) is 2. The van der Waals surface area contributed by atoms with Gasteiger partial charge in [-0.2, -0.15) is 0 Å². The van der Waals surface area contributed by atoms with Crippen molar-refractivity contribution >= 4 is 0 Å². The molecule has 4 heteroatoms. The molecule has 1 aliphatic carbocycles. The van der Waals surface area contributed by atoms with Crippen LogP contribution in [0.3, 0.4) is 0 Å². The van der Waals surface area contributed by atoms with Crippen LogP contribution in [0.1, 0.15) is 43.2 Å². The molecule has 0 unspecified atom stereocenters. The molecule has 1 saturated carbocycles. The van der Waals surface area contributed by atoms with E-state index in [-0.39, 0.29) is 11.5 Å². The normalized spacial score (nSPS) is 16.0. The molecule has 23 heavy (non-hydrogen) atoms. The van der Waals surface area contributed by atoms with E-state index in [0.717, 1.165) is 11.1 Å². The van der Waals surface area contributed by atoms with Crippen LogP contribution in [0.4, 0.5) is 0 Å². The van der Waals surface area contributed by atoms with Crippen molar-refractivity contribution in [3.05, 3.63) is 59.1 Å². The maximum Gasteiger partial charge on any atom is 0.133 e. The molecule has 0 heterocycles. The van der Waals surface area contributed by atoms with Crippen LogP contribution in [0, 0.1) is 17.8 Å². The average molecular weight is 311 g/mol. The first kappa shape index (κ1) is 17.0. The number of nitrogens with one attached hydrogen (secondary N) is 1. The molecule has 122 valence electrons. The van der Waals surface area contributed by atoms with Crippen molar-refractivity contribution in [2.75, 3.05) is 0 Å². The Hall–Kier alpha value is -2.38. The van der Waals surface area contributed by atoms with Gasteiger partial charge >= 0.3 is 0 Å². The van der Waals surface area contributed by atoms with Crippen molar-refractivity contribution in [1.82, 2.24) is 5.43 Å². The summed E-state index contributed by atoms with van der Waals surface area (Å²) < 4.78 is 0. The first-order valence-corrected chi connectivity index (χ1v) is 8.04. The van der Waals surface area contributed by atoms with Crippen LogP contribution in [0.2, 0.25) is 0 Å². The lowest BCUT2D eigenvalue weighted by molar-refractivity contribution is 0.422. The fourth-order valence-electron chi connectivity index (χ4n) is 2.74. The van der Waals surface area contributed by atoms with Gasteiger partial charge in [-0.1, -0.05) is 49.8 Å². The molecule has 1 aromatic carbocycles. The molecule has 0 aromatic heterocycles. The Morgan fingerprint density at radius 2 is 1.87 bits per heavy atom. The second-order valence-corrected chi connectivity index (χ2v) is 5.96. The number of hydrazine groups is 1. The molecule has 1 aliphatic rings. The van der Waals surface area contributed by atoms with Gasteiger partial charge in [0.25, 0.3) is 0 Å². The van der Waals surface area contributed by atoms with Gasteiger partial charge < -0.3 is 16.3 Å². The number of allylic oxidation sites excluding steroid dienone is 1. The van der Waals surface area contributed by atoms with E-state index in [1.807, 2.05) is 24.3 Å². The van der Waals surface area contributed by atoms with E-state index >= 15 is 0 Å². The van der Waals surface area contributed by atoms with Crippen LogP contribution < -0.4 is 17.0 Å². The number of hydrogen-bond acceptors (Lipinski definition) is 4. The first-order chi connectivity index (χ1) is 11.1. The monoisotopic (exact) mass is 311 g/mol. The van der Waals surface area contributed by atoms with Crippen molar-refractivity contribution in [1.29, 1.82) is 0 Å². The summed E-state index contributed by atoms with van der Waals surface area (Å²) in [6.45, 7) is 3.41. The Balaban J connectivity index is 2.03. The number of rotatable bonds is 4. The molecule has 1 aromatic rings. The Morgan fingerprint density at radius 3 is 2.43 bits per heavy atom. The van der Waals surface area contributed by atoms with Gasteiger partial charge in [-0.05, 0) is 30.5 Å². The molecule has 6 N–H and O–H groups in total. The predicted molar refractivity (Wildman–Crippen MR) is 93.9 cm³/mol. The van der Waals surface area contributed by atoms with Gasteiger partial charge in [0.2, 0.25) is 0 Å². The first-order valence-electron chi connectivity index (χ1n) is 8.04. The lowest BCUT2D eigenvalue weighted by atomic mass is 9.89. The molecule has 0 aliphatic heterocycles. The smallest absolute Gasteiger partial charge is 0.133 e. The van der Waals surface area contributed by atoms with E-state index in [4.69, 9.17) is 11.6 Å². The predicted octanol–water partition coefficient (Wildman–Crippen LogP) is 2.87. The molecule has 0 amide bonds. The number of hydrogen-bond donors (Lipinski definition) is 4. The molecule has 0 bridgehead atoms. The van der Waals surface area contributed by atoms with Crippen LogP contribution in [0.5, 0.6) is 0 Å². The molecule has 0 spiro atoms. The summed E-state index contributed by atoms with van der Waals surface area (Å²) in [6.07, 6.45) is 6.91. The van der Waals surface area contributed by atoms with Crippen molar-refractivity contribution in [3.63, 3.8) is 0 Å². The maximum atomic E-state index is 9.35. The minimum atomic E-state index is -0.187. The highest BCUT2D eigenvalue weighted by molar-refractivity contribution is 5.38. The standard InChI is InChI=1S/C19H25N3O/c1-14(23)19(20)18(22-21)13-17-11-9-16(10-12-17)8-7-15-5-3-2-4-6-15/h9-12,15,22-23H,1-6,13,20-21H2/b19-18-. The highest BCUT2D eigenvalue weighted by atomic mass is 16.3. The van der Waals surface area contributed by atoms with E-state index in [2.05, 4.69) is 23.8 Å². The van der Waals surface area contributed by atoms with Gasteiger partial charge in [-0.15, -0.1) is 0 Å². The van der Waals surface area contributed by atoms with E-state index in [1.165, 1.54) is 32.1 Å². The molecule has 2 rings (SSSR count). The van der Waals surface area contributed by atoms with Crippen LogP contribution in [0.25, 0.3) is 0 Å². The van der Waals surface area contributed by atoms with Gasteiger partial charge in [-0.3, -0.25) is 5.84 Å². The van der Waals surface area contributed by atoms with E-state index in [9.17, 15) is 5.11 Å². The summed E-state index contributed by atoms with van der Waals surface area (Å²) in [5, 5.41) is 9.35. The summed E-state index contributed by atoms with van der Waals surface area (Å²) in [5.41, 5.74) is 11.0.